The maximum atomic E-state index is 13.0. The lowest BCUT2D eigenvalue weighted by atomic mass is 10.1. The number of carbonyl (C=O) groups is 1. The van der Waals surface area contributed by atoms with Gasteiger partial charge in [-0.25, -0.2) is 0 Å². The lowest BCUT2D eigenvalue weighted by Crippen LogP contribution is -2.39. The first kappa shape index (κ1) is 19.7. The molecule has 3 heterocycles. The first-order valence-corrected chi connectivity index (χ1v) is 10.0. The average molecular weight is 432 g/mol. The fourth-order valence-corrected chi connectivity index (χ4v) is 4.06. The molecule has 0 bridgehead atoms. The van der Waals surface area contributed by atoms with Gasteiger partial charge in [0.2, 0.25) is 5.82 Å². The van der Waals surface area contributed by atoms with Crippen LogP contribution < -0.4 is 4.74 Å². The van der Waals surface area contributed by atoms with Crippen LogP contribution in [0.15, 0.2) is 34.7 Å². The van der Waals surface area contributed by atoms with Gasteiger partial charge in [-0.3, -0.25) is 4.79 Å². The summed E-state index contributed by atoms with van der Waals surface area (Å²) < 4.78 is 51.3. The van der Waals surface area contributed by atoms with E-state index >= 15 is 0 Å². The van der Waals surface area contributed by atoms with E-state index in [2.05, 4.69) is 16.3 Å². The van der Waals surface area contributed by atoms with E-state index in [0.29, 0.717) is 5.76 Å². The number of alkyl halides is 3. The summed E-state index contributed by atoms with van der Waals surface area (Å²) in [6, 6.07) is 9.25. The molecule has 5 rings (SSSR count). The number of hydrogen-bond acceptors (Lipinski definition) is 5. The van der Waals surface area contributed by atoms with E-state index in [0.717, 1.165) is 29.6 Å². The van der Waals surface area contributed by atoms with Crippen LogP contribution in [0.3, 0.4) is 0 Å². The highest BCUT2D eigenvalue weighted by Gasteiger charge is 2.40. The summed E-state index contributed by atoms with van der Waals surface area (Å²) in [6.45, 7) is 0.186. The van der Waals surface area contributed by atoms with Gasteiger partial charge in [-0.2, -0.15) is 13.2 Å². The third-order valence-electron chi connectivity index (χ3n) is 5.62. The van der Waals surface area contributed by atoms with Crippen molar-refractivity contribution >= 4 is 5.91 Å². The smallest absolute Gasteiger partial charge is 0.451 e. The SMILES string of the molecule is O=C(c1ccc(COc2ccc3c(c2)CCC3)o1)N1CCn2c(nnc2C(F)(F)F)C1. The Morgan fingerprint density at radius 1 is 1.10 bits per heavy atom. The van der Waals surface area contributed by atoms with Crippen molar-refractivity contribution in [1.82, 2.24) is 19.7 Å². The Kier molecular flexibility index (Phi) is 4.71. The molecule has 0 atom stereocenters. The first-order valence-electron chi connectivity index (χ1n) is 10.0. The summed E-state index contributed by atoms with van der Waals surface area (Å²) in [5, 5.41) is 6.82. The monoisotopic (exact) mass is 432 g/mol. The predicted molar refractivity (Wildman–Crippen MR) is 101 cm³/mol. The molecule has 162 valence electrons. The number of nitrogens with zero attached hydrogens (tertiary/aromatic N) is 4. The fraction of sp³-hybridized carbons (Fsp3) is 0.381. The standard InChI is InChI=1S/C21H19F3N4O3/c22-21(23,24)20-26-25-18-11-27(8-9-28(18)20)19(29)17-7-6-16(31-17)12-30-15-5-4-13-2-1-3-14(13)10-15/h4-7,10H,1-3,8-9,11-12H2. The molecule has 31 heavy (non-hydrogen) atoms. The molecule has 2 aromatic heterocycles. The third kappa shape index (κ3) is 3.77. The minimum atomic E-state index is -4.58. The van der Waals surface area contributed by atoms with Crippen LogP contribution in [-0.4, -0.2) is 32.1 Å². The van der Waals surface area contributed by atoms with Crippen LogP contribution in [0.25, 0.3) is 0 Å². The van der Waals surface area contributed by atoms with Crippen LogP contribution >= 0.6 is 0 Å². The van der Waals surface area contributed by atoms with Crippen LogP contribution in [0.4, 0.5) is 13.2 Å². The van der Waals surface area contributed by atoms with Crippen LogP contribution in [0.2, 0.25) is 0 Å². The van der Waals surface area contributed by atoms with Crippen molar-refractivity contribution in [1.29, 1.82) is 0 Å². The van der Waals surface area contributed by atoms with E-state index in [1.54, 1.807) is 12.1 Å². The summed E-state index contributed by atoms with van der Waals surface area (Å²) in [7, 11) is 0. The molecule has 1 amide bonds. The number of aryl methyl sites for hydroxylation is 2. The number of rotatable bonds is 4. The lowest BCUT2D eigenvalue weighted by Gasteiger charge is -2.27. The minimum absolute atomic E-state index is 0.0298. The number of carbonyl (C=O) groups excluding carboxylic acids is 1. The van der Waals surface area contributed by atoms with Gasteiger partial charge in [-0.15, -0.1) is 10.2 Å². The van der Waals surface area contributed by atoms with Gasteiger partial charge >= 0.3 is 6.18 Å². The molecule has 0 fully saturated rings. The molecular formula is C21H19F3N4O3. The van der Waals surface area contributed by atoms with E-state index in [1.807, 2.05) is 12.1 Å². The normalized spacial score (nSPS) is 15.6. The number of hydrogen-bond donors (Lipinski definition) is 0. The highest BCUT2D eigenvalue weighted by molar-refractivity contribution is 5.91. The second-order valence-electron chi connectivity index (χ2n) is 7.65. The van der Waals surface area contributed by atoms with Gasteiger partial charge in [0.25, 0.3) is 5.91 Å². The van der Waals surface area contributed by atoms with E-state index in [1.165, 1.54) is 16.0 Å². The number of amides is 1. The first-order chi connectivity index (χ1) is 14.9. The van der Waals surface area contributed by atoms with Crippen molar-refractivity contribution in [2.45, 2.75) is 45.1 Å². The molecule has 3 aromatic rings. The van der Waals surface area contributed by atoms with Gasteiger partial charge in [-0.1, -0.05) is 6.07 Å². The number of halogens is 3. The molecule has 10 heteroatoms. The molecule has 0 saturated heterocycles. The van der Waals surface area contributed by atoms with Gasteiger partial charge in [0.15, 0.2) is 11.6 Å². The molecule has 7 nitrogen and oxygen atoms in total. The molecule has 0 unspecified atom stereocenters. The Labute approximate surface area is 175 Å². The van der Waals surface area contributed by atoms with Crippen LogP contribution in [0, 0.1) is 0 Å². The predicted octanol–water partition coefficient (Wildman–Crippen LogP) is 3.61. The van der Waals surface area contributed by atoms with Gasteiger partial charge in [0, 0.05) is 13.1 Å². The maximum absolute atomic E-state index is 13.0. The van der Waals surface area contributed by atoms with E-state index in [-0.39, 0.29) is 37.8 Å². The Hall–Kier alpha value is -3.30. The van der Waals surface area contributed by atoms with Crippen LogP contribution in [0.1, 0.15) is 45.5 Å². The van der Waals surface area contributed by atoms with Crippen molar-refractivity contribution < 1.29 is 27.1 Å². The molecule has 1 aromatic carbocycles. The second-order valence-corrected chi connectivity index (χ2v) is 7.65. The van der Waals surface area contributed by atoms with Gasteiger partial charge in [-0.05, 0) is 54.7 Å². The molecule has 2 aliphatic rings. The average Bonchev–Trinajstić information content (AvgIpc) is 3.49. The Balaban J connectivity index is 1.23. The number of benzene rings is 1. The summed E-state index contributed by atoms with van der Waals surface area (Å²) in [5.74, 6) is -0.00969. The Morgan fingerprint density at radius 3 is 2.77 bits per heavy atom. The van der Waals surface area contributed by atoms with Crippen molar-refractivity contribution in [3.05, 3.63) is 64.6 Å². The van der Waals surface area contributed by atoms with Crippen LogP contribution in [-0.2, 0) is 38.7 Å². The van der Waals surface area contributed by atoms with Gasteiger partial charge < -0.3 is 18.6 Å². The summed E-state index contributed by atoms with van der Waals surface area (Å²) in [5.41, 5.74) is 2.66. The van der Waals surface area contributed by atoms with Crippen molar-refractivity contribution in [3.8, 4) is 5.75 Å². The van der Waals surface area contributed by atoms with Crippen molar-refractivity contribution in [2.24, 2.45) is 0 Å². The van der Waals surface area contributed by atoms with Crippen molar-refractivity contribution in [3.63, 3.8) is 0 Å². The Morgan fingerprint density at radius 2 is 1.94 bits per heavy atom. The zero-order chi connectivity index (χ0) is 21.6. The molecule has 0 N–H and O–H groups in total. The zero-order valence-corrected chi connectivity index (χ0v) is 16.5. The number of ether oxygens (including phenoxy) is 1. The highest BCUT2D eigenvalue weighted by Crippen LogP contribution is 2.30. The minimum Gasteiger partial charge on any atom is -0.486 e. The van der Waals surface area contributed by atoms with Gasteiger partial charge in [0.1, 0.15) is 18.1 Å². The van der Waals surface area contributed by atoms with Crippen molar-refractivity contribution in [2.75, 3.05) is 6.54 Å². The largest absolute Gasteiger partial charge is 0.486 e. The molecule has 1 aliphatic carbocycles. The highest BCUT2D eigenvalue weighted by atomic mass is 19.4. The van der Waals surface area contributed by atoms with Crippen LogP contribution in [0.5, 0.6) is 5.75 Å². The fourth-order valence-electron chi connectivity index (χ4n) is 4.06. The quantitative estimate of drug-likeness (QED) is 0.630. The summed E-state index contributed by atoms with van der Waals surface area (Å²) in [4.78, 5) is 14.1. The summed E-state index contributed by atoms with van der Waals surface area (Å²) >= 11 is 0. The number of aromatic nitrogens is 3. The molecular weight excluding hydrogens is 413 g/mol. The third-order valence-corrected chi connectivity index (χ3v) is 5.62. The summed E-state index contributed by atoms with van der Waals surface area (Å²) in [6.07, 6.45) is -1.26. The van der Waals surface area contributed by atoms with E-state index < -0.39 is 17.9 Å². The molecule has 1 aliphatic heterocycles. The number of furan rings is 1. The van der Waals surface area contributed by atoms with E-state index in [9.17, 15) is 18.0 Å². The zero-order valence-electron chi connectivity index (χ0n) is 16.5. The molecule has 0 spiro atoms. The van der Waals surface area contributed by atoms with Gasteiger partial charge in [0.05, 0.1) is 6.54 Å². The second kappa shape index (κ2) is 7.44. The lowest BCUT2D eigenvalue weighted by molar-refractivity contribution is -0.147. The topological polar surface area (TPSA) is 73.4 Å². The maximum Gasteiger partial charge on any atom is 0.451 e. The number of fused-ring (bicyclic) bond motifs is 2. The van der Waals surface area contributed by atoms with E-state index in [4.69, 9.17) is 9.15 Å². The molecule has 0 radical (unpaired) electrons. The molecule has 0 saturated carbocycles. The Bertz CT molecular complexity index is 1140.